The third kappa shape index (κ3) is 3.31. The molecule has 0 spiro atoms. The second kappa shape index (κ2) is 5.61. The van der Waals surface area contributed by atoms with Crippen molar-refractivity contribution in [2.75, 3.05) is 7.11 Å². The zero-order chi connectivity index (χ0) is 12.1. The smallest absolute Gasteiger partial charge is 0.322 e. The summed E-state index contributed by atoms with van der Waals surface area (Å²) < 4.78 is 17.5. The van der Waals surface area contributed by atoms with E-state index in [4.69, 9.17) is 5.73 Å². The summed E-state index contributed by atoms with van der Waals surface area (Å²) in [4.78, 5) is 11.0. The van der Waals surface area contributed by atoms with Gasteiger partial charge in [0.1, 0.15) is 11.9 Å². The Kier molecular flexibility index (Phi) is 4.43. The van der Waals surface area contributed by atoms with Crippen LogP contribution in [-0.4, -0.2) is 19.1 Å². The van der Waals surface area contributed by atoms with Crippen molar-refractivity contribution in [3.05, 3.63) is 35.1 Å². The minimum Gasteiger partial charge on any atom is -0.468 e. The van der Waals surface area contributed by atoms with E-state index in [0.717, 1.165) is 5.56 Å². The van der Waals surface area contributed by atoms with Gasteiger partial charge in [0.2, 0.25) is 0 Å². The highest BCUT2D eigenvalue weighted by Gasteiger charge is 2.13. The van der Waals surface area contributed by atoms with E-state index in [9.17, 15) is 9.18 Å². The van der Waals surface area contributed by atoms with Crippen LogP contribution in [0.4, 0.5) is 4.39 Å². The lowest BCUT2D eigenvalue weighted by Crippen LogP contribution is -2.31. The fourth-order valence-corrected chi connectivity index (χ4v) is 1.45. The predicted octanol–water partition coefficient (Wildman–Crippen LogP) is 1.57. The van der Waals surface area contributed by atoms with Gasteiger partial charge < -0.3 is 10.5 Å². The number of ether oxygens (including phenoxy) is 1. The summed E-state index contributed by atoms with van der Waals surface area (Å²) in [5, 5.41) is 0. The molecule has 1 unspecified atom stereocenters. The number of rotatable bonds is 4. The lowest BCUT2D eigenvalue weighted by molar-refractivity contribution is -0.142. The van der Waals surface area contributed by atoms with Crippen LogP contribution in [0.5, 0.6) is 0 Å². The molecule has 0 heterocycles. The minimum absolute atomic E-state index is 0.221. The van der Waals surface area contributed by atoms with Crippen molar-refractivity contribution >= 4 is 5.97 Å². The quantitative estimate of drug-likeness (QED) is 0.791. The summed E-state index contributed by atoms with van der Waals surface area (Å²) in [5.41, 5.74) is 7.17. The lowest BCUT2D eigenvalue weighted by atomic mass is 10.0. The van der Waals surface area contributed by atoms with Crippen molar-refractivity contribution < 1.29 is 13.9 Å². The third-order valence-corrected chi connectivity index (χ3v) is 2.47. The van der Waals surface area contributed by atoms with E-state index in [-0.39, 0.29) is 5.82 Å². The predicted molar refractivity (Wildman–Crippen MR) is 59.4 cm³/mol. The Labute approximate surface area is 94.4 Å². The minimum atomic E-state index is -0.615. The summed E-state index contributed by atoms with van der Waals surface area (Å²) in [6, 6.07) is 4.27. The van der Waals surface area contributed by atoms with Crippen LogP contribution in [-0.2, 0) is 16.0 Å². The maximum atomic E-state index is 13.0. The molecule has 1 aromatic rings. The van der Waals surface area contributed by atoms with E-state index in [2.05, 4.69) is 4.74 Å². The number of aryl methyl sites for hydroxylation is 2. The molecule has 0 radical (unpaired) electrons. The van der Waals surface area contributed by atoms with Gasteiger partial charge in [-0.3, -0.25) is 4.79 Å². The first-order valence-electron chi connectivity index (χ1n) is 5.13. The number of esters is 1. The van der Waals surface area contributed by atoms with E-state index in [1.165, 1.54) is 13.2 Å². The second-order valence-corrected chi connectivity index (χ2v) is 3.75. The SMILES string of the molecule is COC(=O)C(N)CCc1ccc(F)c(C)c1. The Morgan fingerprint density at radius 3 is 2.81 bits per heavy atom. The van der Waals surface area contributed by atoms with Gasteiger partial charge in [-0.05, 0) is 37.0 Å². The van der Waals surface area contributed by atoms with Gasteiger partial charge in [0.05, 0.1) is 7.11 Å². The highest BCUT2D eigenvalue weighted by atomic mass is 19.1. The Morgan fingerprint density at radius 1 is 1.56 bits per heavy atom. The number of benzene rings is 1. The first kappa shape index (κ1) is 12.6. The highest BCUT2D eigenvalue weighted by Crippen LogP contribution is 2.11. The first-order valence-corrected chi connectivity index (χ1v) is 5.13. The van der Waals surface area contributed by atoms with E-state index in [1.807, 2.05) is 0 Å². The van der Waals surface area contributed by atoms with Crippen LogP contribution in [0, 0.1) is 12.7 Å². The van der Waals surface area contributed by atoms with E-state index in [1.54, 1.807) is 19.1 Å². The Balaban J connectivity index is 2.55. The molecule has 0 aliphatic rings. The number of halogens is 1. The Bertz CT molecular complexity index is 379. The van der Waals surface area contributed by atoms with Crippen molar-refractivity contribution in [3.8, 4) is 0 Å². The Morgan fingerprint density at radius 2 is 2.25 bits per heavy atom. The standard InChI is InChI=1S/C12H16FNO2/c1-8-7-9(3-5-10(8)13)4-6-11(14)12(15)16-2/h3,5,7,11H,4,6,14H2,1-2H3. The molecule has 0 saturated carbocycles. The van der Waals surface area contributed by atoms with Gasteiger partial charge in [0.15, 0.2) is 0 Å². The monoisotopic (exact) mass is 225 g/mol. The first-order chi connectivity index (χ1) is 7.54. The molecule has 0 aromatic heterocycles. The van der Waals surface area contributed by atoms with Gasteiger partial charge in [-0.15, -0.1) is 0 Å². The molecule has 16 heavy (non-hydrogen) atoms. The van der Waals surface area contributed by atoms with E-state index in [0.29, 0.717) is 18.4 Å². The van der Waals surface area contributed by atoms with Gasteiger partial charge >= 0.3 is 5.97 Å². The summed E-state index contributed by atoms with van der Waals surface area (Å²) in [7, 11) is 1.31. The summed E-state index contributed by atoms with van der Waals surface area (Å²) >= 11 is 0. The van der Waals surface area contributed by atoms with Crippen LogP contribution >= 0.6 is 0 Å². The molecule has 0 saturated heterocycles. The fraction of sp³-hybridized carbons (Fsp3) is 0.417. The molecule has 1 aromatic carbocycles. The number of carbonyl (C=O) groups is 1. The van der Waals surface area contributed by atoms with Gasteiger partial charge in [-0.2, -0.15) is 0 Å². The topological polar surface area (TPSA) is 52.3 Å². The van der Waals surface area contributed by atoms with Gasteiger partial charge in [0.25, 0.3) is 0 Å². The van der Waals surface area contributed by atoms with E-state index >= 15 is 0 Å². The van der Waals surface area contributed by atoms with E-state index < -0.39 is 12.0 Å². The summed E-state index contributed by atoms with van der Waals surface area (Å²) in [5.74, 6) is -0.639. The maximum absolute atomic E-state index is 13.0. The highest BCUT2D eigenvalue weighted by molar-refractivity contribution is 5.75. The number of carbonyl (C=O) groups excluding carboxylic acids is 1. The van der Waals surface area contributed by atoms with Crippen LogP contribution in [0.15, 0.2) is 18.2 Å². The maximum Gasteiger partial charge on any atom is 0.322 e. The molecular formula is C12H16FNO2. The average molecular weight is 225 g/mol. The molecule has 0 aliphatic heterocycles. The third-order valence-electron chi connectivity index (χ3n) is 2.47. The molecule has 1 atom stereocenters. The number of hydrogen-bond acceptors (Lipinski definition) is 3. The molecule has 0 amide bonds. The molecule has 2 N–H and O–H groups in total. The van der Waals surface area contributed by atoms with Gasteiger partial charge in [-0.1, -0.05) is 12.1 Å². The number of nitrogens with two attached hydrogens (primary N) is 1. The largest absolute Gasteiger partial charge is 0.468 e. The van der Waals surface area contributed by atoms with Crippen molar-refractivity contribution in [1.82, 2.24) is 0 Å². The van der Waals surface area contributed by atoms with Crippen LogP contribution in [0.3, 0.4) is 0 Å². The zero-order valence-corrected chi connectivity index (χ0v) is 9.50. The molecule has 3 nitrogen and oxygen atoms in total. The van der Waals surface area contributed by atoms with Crippen LogP contribution in [0.25, 0.3) is 0 Å². The van der Waals surface area contributed by atoms with Crippen molar-refractivity contribution in [2.45, 2.75) is 25.8 Å². The molecular weight excluding hydrogens is 209 g/mol. The number of hydrogen-bond donors (Lipinski definition) is 1. The molecule has 4 heteroatoms. The van der Waals surface area contributed by atoms with Crippen LogP contribution in [0.2, 0.25) is 0 Å². The van der Waals surface area contributed by atoms with Crippen molar-refractivity contribution in [3.63, 3.8) is 0 Å². The lowest BCUT2D eigenvalue weighted by Gasteiger charge is -2.09. The molecule has 88 valence electrons. The van der Waals surface area contributed by atoms with Gasteiger partial charge in [-0.25, -0.2) is 4.39 Å². The van der Waals surface area contributed by atoms with Crippen molar-refractivity contribution in [2.24, 2.45) is 5.73 Å². The van der Waals surface area contributed by atoms with Crippen molar-refractivity contribution in [1.29, 1.82) is 0 Å². The second-order valence-electron chi connectivity index (χ2n) is 3.75. The molecule has 1 rings (SSSR count). The van der Waals surface area contributed by atoms with Crippen LogP contribution < -0.4 is 5.73 Å². The molecule has 0 bridgehead atoms. The number of methoxy groups -OCH3 is 1. The van der Waals surface area contributed by atoms with Gasteiger partial charge in [0, 0.05) is 0 Å². The fourth-order valence-electron chi connectivity index (χ4n) is 1.45. The molecule has 0 aliphatic carbocycles. The summed E-state index contributed by atoms with van der Waals surface area (Å²) in [6.07, 6.45) is 1.13. The Hall–Kier alpha value is -1.42. The molecule has 0 fully saturated rings. The average Bonchev–Trinajstić information content (AvgIpc) is 2.29. The summed E-state index contributed by atoms with van der Waals surface area (Å²) in [6.45, 7) is 1.71. The zero-order valence-electron chi connectivity index (χ0n) is 9.50. The van der Waals surface area contributed by atoms with Crippen LogP contribution in [0.1, 0.15) is 17.5 Å². The normalized spacial score (nSPS) is 12.2.